The molecule has 1 unspecified atom stereocenters. The van der Waals surface area contributed by atoms with Crippen molar-refractivity contribution in [3.05, 3.63) is 36.0 Å². The van der Waals surface area contributed by atoms with E-state index in [0.29, 0.717) is 15.7 Å². The van der Waals surface area contributed by atoms with E-state index < -0.39 is 11.9 Å². The SMILES string of the molecule is CC(C)CCC[C@@H](C)[C@H]1CC[C@H]2[C@@H]3CC=C4C[C@@H](O)CC[C@]4(C)[C@H]3CC[C@]12C.O=C([O-])C1C=CC=CC1=S. The topological polar surface area (TPSA) is 60.4 Å². The third-order valence-corrected chi connectivity index (χ3v) is 11.9. The average Bonchev–Trinajstić information content (AvgIpc) is 3.22. The van der Waals surface area contributed by atoms with E-state index in [1.807, 2.05) is 0 Å². The predicted molar refractivity (Wildman–Crippen MR) is 158 cm³/mol. The van der Waals surface area contributed by atoms with Gasteiger partial charge in [0, 0.05) is 4.86 Å². The van der Waals surface area contributed by atoms with Gasteiger partial charge in [0.15, 0.2) is 0 Å². The van der Waals surface area contributed by atoms with Crippen LogP contribution < -0.4 is 5.11 Å². The van der Waals surface area contributed by atoms with Crippen LogP contribution in [0.4, 0.5) is 0 Å². The van der Waals surface area contributed by atoms with E-state index in [9.17, 15) is 15.0 Å². The van der Waals surface area contributed by atoms with Crippen molar-refractivity contribution in [2.75, 3.05) is 0 Å². The van der Waals surface area contributed by atoms with Gasteiger partial charge in [0.1, 0.15) is 0 Å². The number of hydrogen-bond donors (Lipinski definition) is 1. The van der Waals surface area contributed by atoms with Gasteiger partial charge in [-0.05, 0) is 104 Å². The number of carbonyl (C=O) groups excluding carboxylic acids is 1. The number of allylic oxidation sites excluding steroid dienone is 4. The Balaban J connectivity index is 0.000000283. The maximum atomic E-state index is 10.3. The van der Waals surface area contributed by atoms with Gasteiger partial charge < -0.3 is 15.0 Å². The van der Waals surface area contributed by atoms with Gasteiger partial charge >= 0.3 is 0 Å². The molecule has 3 fully saturated rings. The highest BCUT2D eigenvalue weighted by atomic mass is 32.1. The predicted octanol–water partition coefficient (Wildman–Crippen LogP) is 7.24. The maximum Gasteiger partial charge on any atom is 0.0577 e. The van der Waals surface area contributed by atoms with E-state index in [4.69, 9.17) is 12.2 Å². The van der Waals surface area contributed by atoms with Crippen molar-refractivity contribution >= 4 is 23.1 Å². The second-order valence-electron chi connectivity index (χ2n) is 14.1. The van der Waals surface area contributed by atoms with Gasteiger partial charge in [-0.15, -0.1) is 0 Å². The molecule has 0 amide bonds. The first kappa shape index (κ1) is 29.7. The molecule has 0 saturated heterocycles. The summed E-state index contributed by atoms with van der Waals surface area (Å²) in [5.41, 5.74) is 2.60. The van der Waals surface area contributed by atoms with Gasteiger partial charge in [0.05, 0.1) is 18.0 Å². The Morgan fingerprint density at radius 2 is 1.84 bits per heavy atom. The number of hydrogen-bond acceptors (Lipinski definition) is 4. The lowest BCUT2D eigenvalue weighted by Crippen LogP contribution is -2.50. The monoisotopic (exact) mass is 539 g/mol. The Kier molecular flexibility index (Phi) is 9.45. The lowest BCUT2D eigenvalue weighted by molar-refractivity contribution is -0.307. The van der Waals surface area contributed by atoms with Crippen LogP contribution in [0.1, 0.15) is 105 Å². The minimum Gasteiger partial charge on any atom is -0.549 e. The van der Waals surface area contributed by atoms with Crippen molar-refractivity contribution in [2.45, 2.75) is 111 Å². The molecule has 5 aliphatic carbocycles. The maximum absolute atomic E-state index is 10.3. The second kappa shape index (κ2) is 12.1. The average molecular weight is 540 g/mol. The minimum absolute atomic E-state index is 0.0766. The van der Waals surface area contributed by atoms with Crippen molar-refractivity contribution in [1.29, 1.82) is 0 Å². The van der Waals surface area contributed by atoms with Crippen molar-refractivity contribution < 1.29 is 15.0 Å². The van der Waals surface area contributed by atoms with Gasteiger partial charge in [-0.3, -0.25) is 0 Å². The lowest BCUT2D eigenvalue weighted by Gasteiger charge is -2.58. The molecule has 0 heterocycles. The minimum atomic E-state index is -1.13. The number of aliphatic hydroxyl groups is 1. The van der Waals surface area contributed by atoms with E-state index in [2.05, 4.69) is 40.7 Å². The quantitative estimate of drug-likeness (QED) is 0.286. The third kappa shape index (κ3) is 5.92. The number of carboxylic acids is 1. The molecule has 5 aliphatic rings. The second-order valence-corrected chi connectivity index (χ2v) is 14.6. The van der Waals surface area contributed by atoms with Crippen LogP contribution in [-0.2, 0) is 4.79 Å². The van der Waals surface area contributed by atoms with Crippen LogP contribution in [-0.4, -0.2) is 22.0 Å². The fourth-order valence-electron chi connectivity index (χ4n) is 9.39. The Labute approximate surface area is 237 Å². The highest BCUT2D eigenvalue weighted by molar-refractivity contribution is 7.80. The fraction of sp³-hybridized carbons (Fsp3) is 0.765. The van der Waals surface area contributed by atoms with Crippen molar-refractivity contribution in [2.24, 2.45) is 52.3 Å². The summed E-state index contributed by atoms with van der Waals surface area (Å²) >= 11 is 4.74. The third-order valence-electron chi connectivity index (χ3n) is 11.5. The summed E-state index contributed by atoms with van der Waals surface area (Å²) in [5, 5.41) is 20.5. The van der Waals surface area contributed by atoms with Crippen LogP contribution in [0.5, 0.6) is 0 Å². The van der Waals surface area contributed by atoms with Gasteiger partial charge in [0.2, 0.25) is 0 Å². The van der Waals surface area contributed by atoms with E-state index in [1.54, 1.807) is 23.8 Å². The van der Waals surface area contributed by atoms with Gasteiger partial charge in [0.25, 0.3) is 0 Å². The number of carboxylic acid groups (broad SMARTS) is 1. The largest absolute Gasteiger partial charge is 0.549 e. The molecule has 3 nitrogen and oxygen atoms in total. The molecule has 0 aliphatic heterocycles. The molecule has 0 bridgehead atoms. The summed E-state index contributed by atoms with van der Waals surface area (Å²) in [7, 11) is 0. The number of fused-ring (bicyclic) bond motifs is 5. The first-order valence-corrected chi connectivity index (χ1v) is 15.8. The molecule has 5 rings (SSSR count). The van der Waals surface area contributed by atoms with Crippen LogP contribution in [0.2, 0.25) is 0 Å². The molecule has 9 atom stereocenters. The highest BCUT2D eigenvalue weighted by Gasteiger charge is 2.59. The van der Waals surface area contributed by atoms with Crippen LogP contribution in [0, 0.1) is 52.3 Å². The van der Waals surface area contributed by atoms with E-state index >= 15 is 0 Å². The van der Waals surface area contributed by atoms with E-state index in [0.717, 1.165) is 48.3 Å². The molecule has 0 radical (unpaired) electrons. The number of carbonyl (C=O) groups is 1. The fourth-order valence-corrected chi connectivity index (χ4v) is 9.64. The summed E-state index contributed by atoms with van der Waals surface area (Å²) in [6, 6.07) is 0. The van der Waals surface area contributed by atoms with E-state index in [1.165, 1.54) is 63.9 Å². The first-order valence-electron chi connectivity index (χ1n) is 15.4. The molecule has 38 heavy (non-hydrogen) atoms. The lowest BCUT2D eigenvalue weighted by atomic mass is 9.47. The van der Waals surface area contributed by atoms with Crippen molar-refractivity contribution in [3.63, 3.8) is 0 Å². The van der Waals surface area contributed by atoms with Gasteiger partial charge in [-0.25, -0.2) is 0 Å². The molecule has 3 saturated carbocycles. The molecular formula is C34H51O3S-. The summed E-state index contributed by atoms with van der Waals surface area (Å²) in [6.45, 7) is 12.6. The Bertz CT molecular complexity index is 963. The molecule has 0 spiro atoms. The summed E-state index contributed by atoms with van der Waals surface area (Å²) in [4.78, 5) is 10.7. The number of rotatable bonds is 6. The zero-order valence-corrected chi connectivity index (χ0v) is 25.3. The molecule has 4 heteroatoms. The standard InChI is InChI=1S/C27H46O.C7H6O2S/c1-18(2)7-6-8-19(3)23-11-12-24-22-10-9-20-17-21(28)13-15-26(20,4)25(22)14-16-27(23,24)5;8-7(9)5-3-1-2-4-6(5)10/h9,18-19,21-25,28H,6-8,10-17H2,1-5H3;1-5H,(H,8,9)/p-1/t19-,21+,22+,23-,24+,25+,26+,27-;/m1./s1. The first-order chi connectivity index (χ1) is 18.0. The van der Waals surface area contributed by atoms with E-state index in [-0.39, 0.29) is 6.10 Å². The zero-order chi connectivity index (χ0) is 27.7. The van der Waals surface area contributed by atoms with Crippen LogP contribution >= 0.6 is 12.2 Å². The van der Waals surface area contributed by atoms with Gasteiger partial charge in [-0.2, -0.15) is 0 Å². The Morgan fingerprint density at radius 3 is 2.50 bits per heavy atom. The number of aliphatic hydroxyl groups excluding tert-OH is 1. The Hall–Kier alpha value is -1.26. The molecule has 0 aromatic rings. The van der Waals surface area contributed by atoms with Crippen LogP contribution in [0.3, 0.4) is 0 Å². The molecule has 0 aromatic carbocycles. The number of thiocarbonyl (C=S) groups is 1. The highest BCUT2D eigenvalue weighted by Crippen LogP contribution is 2.67. The number of aliphatic carboxylic acids is 1. The van der Waals surface area contributed by atoms with Crippen molar-refractivity contribution in [1.82, 2.24) is 0 Å². The molecule has 212 valence electrons. The van der Waals surface area contributed by atoms with Crippen LogP contribution in [0.25, 0.3) is 0 Å². The summed E-state index contributed by atoms with van der Waals surface area (Å²) in [6.07, 6.45) is 23.6. The summed E-state index contributed by atoms with van der Waals surface area (Å²) < 4.78 is 0. The van der Waals surface area contributed by atoms with Crippen LogP contribution in [0.15, 0.2) is 36.0 Å². The zero-order valence-electron chi connectivity index (χ0n) is 24.5. The molecule has 1 N–H and O–H groups in total. The van der Waals surface area contributed by atoms with Crippen molar-refractivity contribution in [3.8, 4) is 0 Å². The summed E-state index contributed by atoms with van der Waals surface area (Å²) in [5.74, 6) is 3.62. The Morgan fingerprint density at radius 1 is 1.08 bits per heavy atom. The normalized spacial score (nSPS) is 40.4. The smallest absolute Gasteiger partial charge is 0.0577 e. The molecular weight excluding hydrogens is 488 g/mol. The molecule has 0 aromatic heterocycles. The van der Waals surface area contributed by atoms with Gasteiger partial charge in [-0.1, -0.05) is 96.0 Å².